The van der Waals surface area contributed by atoms with E-state index in [0.717, 1.165) is 38.3 Å². The highest BCUT2D eigenvalue weighted by molar-refractivity contribution is 7.19. The van der Waals surface area contributed by atoms with E-state index in [1.807, 2.05) is 0 Å². The molecule has 3 aromatic rings. The second-order valence-corrected chi connectivity index (χ2v) is 4.98. The average molecular weight is 245 g/mol. The molecule has 0 spiro atoms. The summed E-state index contributed by atoms with van der Waals surface area (Å²) in [5.41, 5.74) is 2.10. The van der Waals surface area contributed by atoms with Crippen molar-refractivity contribution >= 4 is 32.6 Å². The fraction of sp³-hybridized carbons (Fsp3) is 0.250. The lowest BCUT2D eigenvalue weighted by atomic mass is 10.3. The molecule has 3 aromatic heterocycles. The van der Waals surface area contributed by atoms with Crippen LogP contribution in [0.1, 0.15) is 18.4 Å². The van der Waals surface area contributed by atoms with Crippen LogP contribution in [0.15, 0.2) is 24.5 Å². The van der Waals surface area contributed by atoms with Gasteiger partial charge in [-0.15, -0.1) is 11.3 Å². The van der Waals surface area contributed by atoms with Crippen LogP contribution in [-0.2, 0) is 6.42 Å². The third-order valence-corrected chi connectivity index (χ3v) is 3.78. The molecule has 0 fully saturated rings. The highest BCUT2D eigenvalue weighted by Gasteiger charge is 2.14. The second-order valence-electron chi connectivity index (χ2n) is 3.90. The van der Waals surface area contributed by atoms with Gasteiger partial charge < -0.3 is 5.21 Å². The summed E-state index contributed by atoms with van der Waals surface area (Å²) >= 11 is 1.63. The number of thiazole rings is 1. The van der Waals surface area contributed by atoms with Crippen LogP contribution in [0.25, 0.3) is 21.3 Å². The van der Waals surface area contributed by atoms with Crippen LogP contribution in [0.5, 0.6) is 0 Å². The van der Waals surface area contributed by atoms with Gasteiger partial charge in [-0.05, 0) is 18.9 Å². The Kier molecular flexibility index (Phi) is 2.40. The molecule has 3 rings (SSSR count). The van der Waals surface area contributed by atoms with Gasteiger partial charge in [0.25, 0.3) is 0 Å². The van der Waals surface area contributed by atoms with Crippen molar-refractivity contribution in [2.45, 2.75) is 19.8 Å². The number of nitrogens with zero attached hydrogens (tertiary/aromatic N) is 3. The number of rotatable bonds is 2. The van der Waals surface area contributed by atoms with Crippen LogP contribution in [0.4, 0.5) is 0 Å². The van der Waals surface area contributed by atoms with Gasteiger partial charge in [-0.2, -0.15) is 4.73 Å². The maximum absolute atomic E-state index is 11.8. The molecule has 0 amide bonds. The standard InChI is InChI=1S/C12H11N3OS/c1-2-4-10-14-8-7-15(16)9-5-3-6-13-11(9)12(8)17-10/h3,5-7H,2,4H2,1H3. The van der Waals surface area contributed by atoms with Crippen molar-refractivity contribution in [1.82, 2.24) is 9.97 Å². The number of fused-ring (bicyclic) bond motifs is 3. The molecule has 5 heteroatoms. The Hall–Kier alpha value is -1.75. The zero-order valence-electron chi connectivity index (χ0n) is 9.38. The zero-order chi connectivity index (χ0) is 11.8. The van der Waals surface area contributed by atoms with E-state index >= 15 is 0 Å². The Balaban J connectivity index is 2.38. The molecule has 0 atom stereocenters. The summed E-state index contributed by atoms with van der Waals surface area (Å²) in [5, 5.41) is 12.9. The molecule has 0 aromatic carbocycles. The molecule has 0 bridgehead atoms. The lowest BCUT2D eigenvalue weighted by molar-refractivity contribution is -0.575. The molecule has 17 heavy (non-hydrogen) atoms. The van der Waals surface area contributed by atoms with Crippen LogP contribution in [0.2, 0.25) is 0 Å². The summed E-state index contributed by atoms with van der Waals surface area (Å²) in [7, 11) is 0. The predicted octanol–water partition coefficient (Wildman–Crippen LogP) is 2.43. The van der Waals surface area contributed by atoms with Crippen molar-refractivity contribution in [2.75, 3.05) is 0 Å². The Labute approximate surface area is 102 Å². The maximum atomic E-state index is 11.8. The van der Waals surface area contributed by atoms with Gasteiger partial charge in [0.15, 0.2) is 5.52 Å². The van der Waals surface area contributed by atoms with E-state index in [1.165, 1.54) is 6.20 Å². The van der Waals surface area contributed by atoms with E-state index in [2.05, 4.69) is 16.9 Å². The molecule has 0 saturated carbocycles. The van der Waals surface area contributed by atoms with E-state index < -0.39 is 0 Å². The van der Waals surface area contributed by atoms with Crippen molar-refractivity contribution < 1.29 is 4.73 Å². The molecule has 0 aliphatic heterocycles. The molecule has 0 aliphatic rings. The quantitative estimate of drug-likeness (QED) is 0.514. The fourth-order valence-corrected chi connectivity index (χ4v) is 3.03. The van der Waals surface area contributed by atoms with E-state index in [0.29, 0.717) is 5.52 Å². The molecule has 0 N–H and O–H groups in total. The monoisotopic (exact) mass is 245 g/mol. The van der Waals surface area contributed by atoms with Gasteiger partial charge in [0.1, 0.15) is 5.52 Å². The first kappa shape index (κ1) is 10.4. The molecule has 86 valence electrons. The fourth-order valence-electron chi connectivity index (χ4n) is 1.89. The van der Waals surface area contributed by atoms with E-state index in [4.69, 9.17) is 0 Å². The Bertz CT molecular complexity index is 693. The lowest BCUT2D eigenvalue weighted by Crippen LogP contribution is -2.26. The highest BCUT2D eigenvalue weighted by Crippen LogP contribution is 2.27. The Morgan fingerprint density at radius 3 is 3.18 bits per heavy atom. The van der Waals surface area contributed by atoms with Crippen molar-refractivity contribution in [1.29, 1.82) is 0 Å². The average Bonchev–Trinajstić information content (AvgIpc) is 2.73. The zero-order valence-corrected chi connectivity index (χ0v) is 10.2. The number of aryl methyl sites for hydroxylation is 1. The summed E-state index contributed by atoms with van der Waals surface area (Å²) in [4.78, 5) is 8.76. The molecule has 0 aliphatic carbocycles. The van der Waals surface area contributed by atoms with Gasteiger partial charge in [0.05, 0.1) is 9.71 Å². The summed E-state index contributed by atoms with van der Waals surface area (Å²) in [5.74, 6) is 0. The third-order valence-electron chi connectivity index (χ3n) is 2.64. The molecular weight excluding hydrogens is 234 g/mol. The Morgan fingerprint density at radius 2 is 2.35 bits per heavy atom. The van der Waals surface area contributed by atoms with Crippen LogP contribution in [0.3, 0.4) is 0 Å². The van der Waals surface area contributed by atoms with Crippen LogP contribution in [0, 0.1) is 5.21 Å². The Morgan fingerprint density at radius 1 is 1.47 bits per heavy atom. The molecule has 0 unspecified atom stereocenters. The minimum absolute atomic E-state index is 0.603. The smallest absolute Gasteiger partial charge is 0.244 e. The first-order valence-corrected chi connectivity index (χ1v) is 6.37. The lowest BCUT2D eigenvalue weighted by Gasteiger charge is -1.99. The molecule has 3 heterocycles. The largest absolute Gasteiger partial charge is 0.618 e. The minimum Gasteiger partial charge on any atom is -0.618 e. The number of hydrogen-bond acceptors (Lipinski definition) is 4. The molecule has 4 nitrogen and oxygen atoms in total. The first-order chi connectivity index (χ1) is 8.29. The normalized spacial score (nSPS) is 11.4. The first-order valence-electron chi connectivity index (χ1n) is 5.56. The maximum Gasteiger partial charge on any atom is 0.244 e. The van der Waals surface area contributed by atoms with Gasteiger partial charge in [-0.3, -0.25) is 0 Å². The van der Waals surface area contributed by atoms with Gasteiger partial charge in [0.2, 0.25) is 11.7 Å². The van der Waals surface area contributed by atoms with Crippen molar-refractivity contribution in [3.8, 4) is 0 Å². The minimum atomic E-state index is 0.603. The van der Waals surface area contributed by atoms with Crippen LogP contribution in [-0.4, -0.2) is 9.97 Å². The SMILES string of the molecule is CCCc1nc2c[n+]([O-])c3cccnc3c2s1. The summed E-state index contributed by atoms with van der Waals surface area (Å²) in [6.45, 7) is 2.12. The highest BCUT2D eigenvalue weighted by atomic mass is 32.1. The number of pyridine rings is 2. The summed E-state index contributed by atoms with van der Waals surface area (Å²) in [6.07, 6.45) is 5.26. The van der Waals surface area contributed by atoms with Crippen LogP contribution >= 0.6 is 11.3 Å². The predicted molar refractivity (Wildman–Crippen MR) is 67.9 cm³/mol. The molecular formula is C12H11N3OS. The van der Waals surface area contributed by atoms with E-state index in [9.17, 15) is 5.21 Å². The van der Waals surface area contributed by atoms with Gasteiger partial charge in [-0.1, -0.05) is 6.92 Å². The van der Waals surface area contributed by atoms with Crippen molar-refractivity contribution in [3.63, 3.8) is 0 Å². The molecule has 0 radical (unpaired) electrons. The van der Waals surface area contributed by atoms with Gasteiger partial charge >= 0.3 is 0 Å². The summed E-state index contributed by atoms with van der Waals surface area (Å²) < 4.78 is 1.86. The second kappa shape index (κ2) is 3.92. The summed E-state index contributed by atoms with van der Waals surface area (Å²) in [6, 6.07) is 3.56. The molecule has 0 saturated heterocycles. The van der Waals surface area contributed by atoms with Gasteiger partial charge in [0, 0.05) is 12.3 Å². The van der Waals surface area contributed by atoms with Gasteiger partial charge in [-0.25, -0.2) is 9.97 Å². The third kappa shape index (κ3) is 1.63. The number of aromatic nitrogens is 3. The van der Waals surface area contributed by atoms with E-state index in [1.54, 1.807) is 29.7 Å². The van der Waals surface area contributed by atoms with Crippen LogP contribution < -0.4 is 4.73 Å². The van der Waals surface area contributed by atoms with Crippen molar-refractivity contribution in [2.24, 2.45) is 0 Å². The van der Waals surface area contributed by atoms with Crippen molar-refractivity contribution in [3.05, 3.63) is 34.7 Å². The van der Waals surface area contributed by atoms with E-state index in [-0.39, 0.29) is 0 Å². The number of hydrogen-bond donors (Lipinski definition) is 0. The topological polar surface area (TPSA) is 52.7 Å².